The van der Waals surface area contributed by atoms with E-state index in [1.54, 1.807) is 55.5 Å². The Morgan fingerprint density at radius 1 is 1.09 bits per heavy atom. The van der Waals surface area contributed by atoms with Gasteiger partial charge in [0.25, 0.3) is 0 Å². The second-order valence-corrected chi connectivity index (χ2v) is 5.61. The van der Waals surface area contributed by atoms with Gasteiger partial charge in [-0.2, -0.15) is 0 Å². The Morgan fingerprint density at radius 2 is 1.70 bits per heavy atom. The maximum atomic E-state index is 12.2. The molecule has 0 bridgehead atoms. The standard InChI is InChI=1S/C18H16BrNO3/c1-2-23-18(22)15(16(20)12-6-4-3-5-7-12)17(21)13-8-10-14(19)11-9-13/h3-11,20-21H,2H2,1H3/b17-15+,20-16?. The molecule has 0 aliphatic heterocycles. The summed E-state index contributed by atoms with van der Waals surface area (Å²) < 4.78 is 5.86. The minimum absolute atomic E-state index is 0.0792. The highest BCUT2D eigenvalue weighted by Gasteiger charge is 2.23. The van der Waals surface area contributed by atoms with Gasteiger partial charge < -0.3 is 9.84 Å². The summed E-state index contributed by atoms with van der Waals surface area (Å²) in [5.41, 5.74) is 0.737. The van der Waals surface area contributed by atoms with Crippen LogP contribution >= 0.6 is 15.9 Å². The Bertz CT molecular complexity index is 737. The third kappa shape index (κ3) is 4.07. The fourth-order valence-electron chi connectivity index (χ4n) is 2.02. The van der Waals surface area contributed by atoms with Crippen molar-refractivity contribution in [3.8, 4) is 0 Å². The Morgan fingerprint density at radius 3 is 2.26 bits per heavy atom. The van der Waals surface area contributed by atoms with Crippen LogP contribution in [0.1, 0.15) is 18.1 Å². The van der Waals surface area contributed by atoms with E-state index in [9.17, 15) is 9.90 Å². The van der Waals surface area contributed by atoms with Gasteiger partial charge in [0.05, 0.1) is 12.3 Å². The molecule has 0 aromatic heterocycles. The molecule has 4 nitrogen and oxygen atoms in total. The molecule has 2 N–H and O–H groups in total. The van der Waals surface area contributed by atoms with Crippen LogP contribution in [-0.2, 0) is 9.53 Å². The molecule has 23 heavy (non-hydrogen) atoms. The number of hydrogen-bond acceptors (Lipinski definition) is 4. The van der Waals surface area contributed by atoms with Crippen LogP contribution < -0.4 is 0 Å². The molecule has 0 aliphatic carbocycles. The second kappa shape index (κ2) is 7.74. The number of carbonyl (C=O) groups is 1. The van der Waals surface area contributed by atoms with E-state index in [2.05, 4.69) is 15.9 Å². The predicted molar refractivity (Wildman–Crippen MR) is 93.6 cm³/mol. The largest absolute Gasteiger partial charge is 0.506 e. The number of hydrogen-bond donors (Lipinski definition) is 2. The van der Waals surface area contributed by atoms with E-state index in [0.29, 0.717) is 11.1 Å². The maximum absolute atomic E-state index is 12.2. The maximum Gasteiger partial charge on any atom is 0.344 e. The first kappa shape index (κ1) is 17.0. The van der Waals surface area contributed by atoms with Crippen LogP contribution in [-0.4, -0.2) is 23.4 Å². The van der Waals surface area contributed by atoms with Gasteiger partial charge in [-0.25, -0.2) is 4.79 Å². The highest BCUT2D eigenvalue weighted by Crippen LogP contribution is 2.22. The summed E-state index contributed by atoms with van der Waals surface area (Å²) in [6.45, 7) is 1.84. The van der Waals surface area contributed by atoms with Crippen LogP contribution in [0.2, 0.25) is 0 Å². The molecular formula is C18H16BrNO3. The number of esters is 1. The van der Waals surface area contributed by atoms with Gasteiger partial charge in [-0.05, 0) is 19.1 Å². The van der Waals surface area contributed by atoms with E-state index in [-0.39, 0.29) is 23.7 Å². The molecule has 2 rings (SSSR count). The smallest absolute Gasteiger partial charge is 0.344 e. The molecular weight excluding hydrogens is 358 g/mol. The summed E-state index contributed by atoms with van der Waals surface area (Å²) in [5, 5.41) is 18.8. The number of aliphatic hydroxyl groups is 1. The van der Waals surface area contributed by atoms with E-state index < -0.39 is 5.97 Å². The Labute approximate surface area is 143 Å². The summed E-state index contributed by atoms with van der Waals surface area (Å²) in [7, 11) is 0. The highest BCUT2D eigenvalue weighted by molar-refractivity contribution is 9.10. The normalized spacial score (nSPS) is 11.6. The number of aliphatic hydroxyl groups excluding tert-OH is 1. The third-order valence-electron chi connectivity index (χ3n) is 3.15. The first-order valence-electron chi connectivity index (χ1n) is 7.05. The molecule has 5 heteroatoms. The fraction of sp³-hybridized carbons (Fsp3) is 0.111. The molecule has 118 valence electrons. The van der Waals surface area contributed by atoms with Crippen LogP contribution in [0, 0.1) is 5.41 Å². The second-order valence-electron chi connectivity index (χ2n) is 4.69. The van der Waals surface area contributed by atoms with Crippen molar-refractivity contribution in [2.45, 2.75) is 6.92 Å². The molecule has 0 unspecified atom stereocenters. The van der Waals surface area contributed by atoms with Gasteiger partial charge in [0.15, 0.2) is 0 Å². The number of halogens is 1. The third-order valence-corrected chi connectivity index (χ3v) is 3.68. The molecule has 0 aliphatic rings. The number of carbonyl (C=O) groups excluding carboxylic acids is 1. The Hall–Kier alpha value is -2.40. The zero-order chi connectivity index (χ0) is 16.8. The first-order chi connectivity index (χ1) is 11.0. The van der Waals surface area contributed by atoms with Gasteiger partial charge in [0.1, 0.15) is 11.3 Å². The summed E-state index contributed by atoms with van der Waals surface area (Å²) in [6.07, 6.45) is 0. The minimum atomic E-state index is -0.721. The van der Waals surface area contributed by atoms with Crippen molar-refractivity contribution >= 4 is 33.4 Å². The van der Waals surface area contributed by atoms with Crippen molar-refractivity contribution in [2.75, 3.05) is 6.61 Å². The van der Waals surface area contributed by atoms with E-state index in [1.807, 2.05) is 6.07 Å². The average Bonchev–Trinajstić information content (AvgIpc) is 2.56. The summed E-state index contributed by atoms with van der Waals surface area (Å²) in [4.78, 5) is 12.2. The van der Waals surface area contributed by atoms with E-state index >= 15 is 0 Å². The van der Waals surface area contributed by atoms with E-state index in [0.717, 1.165) is 4.47 Å². The lowest BCUT2D eigenvalue weighted by molar-refractivity contribution is -0.137. The zero-order valence-corrected chi connectivity index (χ0v) is 14.1. The molecule has 0 saturated heterocycles. The monoisotopic (exact) mass is 373 g/mol. The van der Waals surface area contributed by atoms with Crippen LogP contribution in [0.5, 0.6) is 0 Å². The molecule has 0 heterocycles. The Balaban J connectivity index is 2.53. The van der Waals surface area contributed by atoms with Crippen molar-refractivity contribution in [3.63, 3.8) is 0 Å². The van der Waals surface area contributed by atoms with Gasteiger partial charge in [0, 0.05) is 15.6 Å². The first-order valence-corrected chi connectivity index (χ1v) is 7.84. The molecule has 0 amide bonds. The molecule has 0 radical (unpaired) electrons. The molecule has 2 aromatic carbocycles. The van der Waals surface area contributed by atoms with Crippen molar-refractivity contribution in [2.24, 2.45) is 0 Å². The van der Waals surface area contributed by atoms with Crippen LogP contribution in [0.25, 0.3) is 5.76 Å². The lowest BCUT2D eigenvalue weighted by Crippen LogP contribution is -2.18. The predicted octanol–water partition coefficient (Wildman–Crippen LogP) is 4.35. The number of nitrogens with one attached hydrogen (secondary N) is 1. The lowest BCUT2D eigenvalue weighted by Gasteiger charge is -2.12. The van der Waals surface area contributed by atoms with Crippen LogP contribution in [0.3, 0.4) is 0 Å². The lowest BCUT2D eigenvalue weighted by atomic mass is 9.98. The highest BCUT2D eigenvalue weighted by atomic mass is 79.9. The van der Waals surface area contributed by atoms with Gasteiger partial charge in [-0.15, -0.1) is 0 Å². The van der Waals surface area contributed by atoms with Crippen molar-refractivity contribution in [1.82, 2.24) is 0 Å². The van der Waals surface area contributed by atoms with Crippen molar-refractivity contribution in [1.29, 1.82) is 5.41 Å². The van der Waals surface area contributed by atoms with Crippen LogP contribution in [0.15, 0.2) is 64.6 Å². The van der Waals surface area contributed by atoms with E-state index in [4.69, 9.17) is 10.1 Å². The van der Waals surface area contributed by atoms with Gasteiger partial charge in [-0.1, -0.05) is 58.4 Å². The summed E-state index contributed by atoms with van der Waals surface area (Å²) in [6, 6.07) is 15.6. The quantitative estimate of drug-likeness (QED) is 0.354. The van der Waals surface area contributed by atoms with Gasteiger partial charge >= 0.3 is 5.97 Å². The SMILES string of the molecule is CCOC(=O)/C(C(=N)c1ccccc1)=C(/O)c1ccc(Br)cc1. The number of ether oxygens (including phenoxy) is 1. The molecule has 2 aromatic rings. The van der Waals surface area contributed by atoms with Crippen molar-refractivity contribution in [3.05, 3.63) is 75.8 Å². The minimum Gasteiger partial charge on any atom is -0.506 e. The Kier molecular flexibility index (Phi) is 5.71. The molecule has 0 saturated carbocycles. The fourth-order valence-corrected chi connectivity index (χ4v) is 2.29. The number of rotatable bonds is 5. The molecule has 0 spiro atoms. The number of benzene rings is 2. The molecule has 0 fully saturated rings. The summed E-state index contributed by atoms with van der Waals surface area (Å²) in [5.74, 6) is -0.994. The van der Waals surface area contributed by atoms with Gasteiger partial charge in [-0.3, -0.25) is 5.41 Å². The summed E-state index contributed by atoms with van der Waals surface area (Å²) >= 11 is 3.32. The van der Waals surface area contributed by atoms with E-state index in [1.165, 1.54) is 0 Å². The molecule has 0 atom stereocenters. The van der Waals surface area contributed by atoms with Gasteiger partial charge in [0.2, 0.25) is 0 Å². The zero-order valence-electron chi connectivity index (χ0n) is 12.5. The van der Waals surface area contributed by atoms with Crippen molar-refractivity contribution < 1.29 is 14.6 Å². The topological polar surface area (TPSA) is 70.4 Å². The average molecular weight is 374 g/mol. The van der Waals surface area contributed by atoms with Crippen LogP contribution in [0.4, 0.5) is 0 Å².